The molecule has 1 aromatic heterocycles. The second-order valence-electron chi connectivity index (χ2n) is 5.73. The van der Waals surface area contributed by atoms with Crippen molar-refractivity contribution < 1.29 is 24.2 Å². The van der Waals surface area contributed by atoms with Crippen molar-refractivity contribution in [3.8, 4) is 11.5 Å². The molecule has 132 valence electrons. The van der Waals surface area contributed by atoms with Crippen molar-refractivity contribution in [2.75, 3.05) is 19.5 Å². The molecule has 2 aromatic rings. The Kier molecular flexibility index (Phi) is 4.94. The van der Waals surface area contributed by atoms with Gasteiger partial charge in [-0.3, -0.25) is 4.79 Å². The average molecular weight is 360 g/mol. The molecule has 0 spiro atoms. The number of aryl methyl sites for hydroxylation is 1. The molecule has 1 N–H and O–H groups in total. The van der Waals surface area contributed by atoms with Gasteiger partial charge in [0.15, 0.2) is 11.5 Å². The Balaban J connectivity index is 1.91. The summed E-state index contributed by atoms with van der Waals surface area (Å²) in [5, 5.41) is 14.6. The summed E-state index contributed by atoms with van der Waals surface area (Å²) in [6.45, 7) is 0. The molecule has 1 heterocycles. The standard InChI is InChI=1S/C18H19NO5S/c1-23-12-8-7-10(9-13(12)24-2)16(20)19-17-15(18(21)22)11-5-3-4-6-14(11)25-17/h7-9H,3-6H2,1-2H3,(H,19,20)(H,21,22)/p-1. The molecule has 0 aliphatic heterocycles. The first-order valence-electron chi connectivity index (χ1n) is 7.94. The van der Waals surface area contributed by atoms with Gasteiger partial charge in [-0.25, -0.2) is 0 Å². The number of thiophene rings is 1. The number of hydrogen-bond donors (Lipinski definition) is 1. The van der Waals surface area contributed by atoms with Gasteiger partial charge in [0.05, 0.1) is 20.2 Å². The zero-order valence-corrected chi connectivity index (χ0v) is 14.8. The summed E-state index contributed by atoms with van der Waals surface area (Å²) < 4.78 is 10.4. The Morgan fingerprint density at radius 3 is 2.52 bits per heavy atom. The van der Waals surface area contributed by atoms with Crippen molar-refractivity contribution in [3.05, 3.63) is 39.8 Å². The lowest BCUT2D eigenvalue weighted by atomic mass is 9.95. The van der Waals surface area contributed by atoms with Crippen LogP contribution in [0.25, 0.3) is 0 Å². The van der Waals surface area contributed by atoms with Gasteiger partial charge in [0.25, 0.3) is 5.91 Å². The number of benzene rings is 1. The third-order valence-corrected chi connectivity index (χ3v) is 5.46. The number of hydrogen-bond acceptors (Lipinski definition) is 6. The molecule has 1 amide bonds. The van der Waals surface area contributed by atoms with Crippen LogP contribution in [0.4, 0.5) is 5.00 Å². The zero-order valence-electron chi connectivity index (χ0n) is 14.0. The number of carboxylic acids is 1. The van der Waals surface area contributed by atoms with E-state index in [2.05, 4.69) is 5.32 Å². The molecule has 0 radical (unpaired) electrons. The molecule has 0 atom stereocenters. The molecule has 1 aliphatic carbocycles. The second kappa shape index (κ2) is 7.14. The van der Waals surface area contributed by atoms with Gasteiger partial charge in [0, 0.05) is 16.0 Å². The number of methoxy groups -OCH3 is 2. The summed E-state index contributed by atoms with van der Waals surface area (Å²) in [5.41, 5.74) is 1.28. The molecule has 0 fully saturated rings. The Hall–Kier alpha value is -2.54. The van der Waals surface area contributed by atoms with Gasteiger partial charge in [0.2, 0.25) is 0 Å². The second-order valence-corrected chi connectivity index (χ2v) is 6.83. The Labute approximate surface area is 149 Å². The number of carbonyl (C=O) groups excluding carboxylic acids is 2. The molecule has 0 unspecified atom stereocenters. The maximum Gasteiger partial charge on any atom is 0.256 e. The number of aromatic carboxylic acids is 1. The van der Waals surface area contributed by atoms with E-state index in [1.165, 1.54) is 25.6 Å². The summed E-state index contributed by atoms with van der Waals surface area (Å²) >= 11 is 1.32. The van der Waals surface area contributed by atoms with Crippen LogP contribution in [0.1, 0.15) is 44.0 Å². The van der Waals surface area contributed by atoms with Crippen LogP contribution in [0.3, 0.4) is 0 Å². The smallest absolute Gasteiger partial charge is 0.256 e. The van der Waals surface area contributed by atoms with Gasteiger partial charge in [-0.1, -0.05) is 0 Å². The van der Waals surface area contributed by atoms with E-state index in [0.29, 0.717) is 28.5 Å². The fourth-order valence-corrected chi connectivity index (χ4v) is 4.30. The maximum atomic E-state index is 12.6. The first-order valence-corrected chi connectivity index (χ1v) is 8.76. The van der Waals surface area contributed by atoms with E-state index >= 15 is 0 Å². The minimum atomic E-state index is -1.25. The number of carbonyl (C=O) groups is 2. The van der Waals surface area contributed by atoms with Crippen LogP contribution >= 0.6 is 11.3 Å². The summed E-state index contributed by atoms with van der Waals surface area (Å²) in [6, 6.07) is 4.79. The molecular weight excluding hydrogens is 342 g/mol. The Bertz CT molecular complexity index is 827. The minimum Gasteiger partial charge on any atom is -0.545 e. The fourth-order valence-electron chi connectivity index (χ4n) is 3.02. The van der Waals surface area contributed by atoms with Crippen LogP contribution in [0, 0.1) is 0 Å². The highest BCUT2D eigenvalue weighted by Crippen LogP contribution is 2.38. The molecule has 0 saturated heterocycles. The van der Waals surface area contributed by atoms with Gasteiger partial charge in [-0.05, 0) is 49.4 Å². The number of fused-ring (bicyclic) bond motifs is 1. The molecule has 25 heavy (non-hydrogen) atoms. The van der Waals surface area contributed by atoms with Crippen molar-refractivity contribution >= 4 is 28.2 Å². The molecule has 0 bridgehead atoms. The van der Waals surface area contributed by atoms with Crippen molar-refractivity contribution in [2.24, 2.45) is 0 Å². The van der Waals surface area contributed by atoms with Crippen molar-refractivity contribution in [3.63, 3.8) is 0 Å². The van der Waals surface area contributed by atoms with Crippen LogP contribution < -0.4 is 19.9 Å². The van der Waals surface area contributed by atoms with Gasteiger partial charge in [-0.15, -0.1) is 11.3 Å². The first-order chi connectivity index (χ1) is 12.0. The third-order valence-electron chi connectivity index (χ3n) is 4.25. The van der Waals surface area contributed by atoms with Crippen molar-refractivity contribution in [1.29, 1.82) is 0 Å². The molecular formula is C18H18NO5S-. The van der Waals surface area contributed by atoms with Gasteiger partial charge >= 0.3 is 0 Å². The number of rotatable bonds is 5. The molecule has 1 aliphatic rings. The summed E-state index contributed by atoms with van der Waals surface area (Å²) in [4.78, 5) is 25.1. The van der Waals surface area contributed by atoms with Crippen LogP contribution in [0.5, 0.6) is 11.5 Å². The van der Waals surface area contributed by atoms with Crippen LogP contribution in [0.2, 0.25) is 0 Å². The third kappa shape index (κ3) is 3.32. The van der Waals surface area contributed by atoms with Gasteiger partial charge in [0.1, 0.15) is 5.00 Å². The first kappa shape index (κ1) is 17.3. The minimum absolute atomic E-state index is 0.119. The average Bonchev–Trinajstić information content (AvgIpc) is 2.98. The highest BCUT2D eigenvalue weighted by atomic mass is 32.1. The molecule has 6 nitrogen and oxygen atoms in total. The topological polar surface area (TPSA) is 87.7 Å². The molecule has 7 heteroatoms. The van der Waals surface area contributed by atoms with E-state index in [-0.39, 0.29) is 5.56 Å². The quantitative estimate of drug-likeness (QED) is 0.884. The Morgan fingerprint density at radius 1 is 1.12 bits per heavy atom. The SMILES string of the molecule is COc1ccc(C(=O)Nc2sc3c(c2C(=O)[O-])CCCC3)cc1OC. The normalized spacial score (nSPS) is 13.0. The summed E-state index contributed by atoms with van der Waals surface area (Å²) in [5.74, 6) is -0.703. The highest BCUT2D eigenvalue weighted by Gasteiger charge is 2.23. The van der Waals surface area contributed by atoms with Gasteiger partial charge in [-0.2, -0.15) is 0 Å². The molecule has 3 rings (SSSR count). The lowest BCUT2D eigenvalue weighted by Gasteiger charge is -2.13. The predicted octanol–water partition coefficient (Wildman–Crippen LogP) is 2.26. The van der Waals surface area contributed by atoms with E-state index in [1.807, 2.05) is 0 Å². The monoisotopic (exact) mass is 360 g/mol. The van der Waals surface area contributed by atoms with Crippen molar-refractivity contribution in [2.45, 2.75) is 25.7 Å². The lowest BCUT2D eigenvalue weighted by Crippen LogP contribution is -2.25. The number of nitrogens with one attached hydrogen (secondary N) is 1. The van der Waals surface area contributed by atoms with E-state index in [9.17, 15) is 14.7 Å². The summed E-state index contributed by atoms with van der Waals surface area (Å²) in [7, 11) is 3.00. The fraction of sp³-hybridized carbons (Fsp3) is 0.333. The largest absolute Gasteiger partial charge is 0.545 e. The van der Waals surface area contributed by atoms with E-state index in [1.54, 1.807) is 18.2 Å². The van der Waals surface area contributed by atoms with Crippen LogP contribution in [-0.4, -0.2) is 26.1 Å². The molecule has 1 aromatic carbocycles. The number of amides is 1. The number of carboxylic acid groups (broad SMARTS) is 1. The van der Waals surface area contributed by atoms with Crippen LogP contribution in [-0.2, 0) is 12.8 Å². The maximum absolute atomic E-state index is 12.6. The van der Waals surface area contributed by atoms with E-state index in [0.717, 1.165) is 29.7 Å². The lowest BCUT2D eigenvalue weighted by molar-refractivity contribution is -0.254. The van der Waals surface area contributed by atoms with Crippen LogP contribution in [0.15, 0.2) is 18.2 Å². The number of anilines is 1. The summed E-state index contributed by atoms with van der Waals surface area (Å²) in [6.07, 6.45) is 3.53. The van der Waals surface area contributed by atoms with Crippen molar-refractivity contribution in [1.82, 2.24) is 0 Å². The van der Waals surface area contributed by atoms with E-state index < -0.39 is 11.9 Å². The molecule has 0 saturated carbocycles. The van der Waals surface area contributed by atoms with Gasteiger partial charge < -0.3 is 24.7 Å². The van der Waals surface area contributed by atoms with E-state index in [4.69, 9.17) is 9.47 Å². The predicted molar refractivity (Wildman–Crippen MR) is 92.8 cm³/mol. The zero-order chi connectivity index (χ0) is 18.0. The Morgan fingerprint density at radius 2 is 1.84 bits per heavy atom. The number of ether oxygens (including phenoxy) is 2. The highest BCUT2D eigenvalue weighted by molar-refractivity contribution is 7.17.